The molecule has 0 aliphatic carbocycles. The lowest BCUT2D eigenvalue weighted by Crippen LogP contribution is -2.05. The van der Waals surface area contributed by atoms with Gasteiger partial charge in [-0.2, -0.15) is 0 Å². The van der Waals surface area contributed by atoms with Crippen LogP contribution in [0.25, 0.3) is 0 Å². The van der Waals surface area contributed by atoms with Gasteiger partial charge in [0, 0.05) is 6.42 Å². The molecule has 3 heteroatoms. The molecule has 1 fully saturated rings. The fraction of sp³-hybridized carbons (Fsp3) is 0.778. The molecule has 0 saturated carbocycles. The van der Waals surface area contributed by atoms with Gasteiger partial charge < -0.3 is 9.47 Å². The van der Waals surface area contributed by atoms with Gasteiger partial charge in [0.2, 0.25) is 0 Å². The molecule has 0 N–H and O–H groups in total. The zero-order valence-electron chi connectivity index (χ0n) is 7.20. The minimum Gasteiger partial charge on any atom is -0.350 e. The summed E-state index contributed by atoms with van der Waals surface area (Å²) in [6.07, 6.45) is 6.39. The predicted molar refractivity (Wildman–Crippen MR) is 44.2 cm³/mol. The summed E-state index contributed by atoms with van der Waals surface area (Å²) in [5.41, 5.74) is 0. The van der Waals surface area contributed by atoms with E-state index in [1.165, 1.54) is 0 Å². The van der Waals surface area contributed by atoms with Crippen molar-refractivity contribution in [3.05, 3.63) is 12.2 Å². The maximum atomic E-state index is 10.0. The van der Waals surface area contributed by atoms with E-state index in [2.05, 4.69) is 0 Å². The summed E-state index contributed by atoms with van der Waals surface area (Å²) < 4.78 is 10.5. The predicted octanol–water partition coefficient (Wildman–Crippen LogP) is 1.52. The first-order valence-electron chi connectivity index (χ1n) is 4.40. The Morgan fingerprint density at radius 2 is 1.83 bits per heavy atom. The Hall–Kier alpha value is -0.380. The Morgan fingerprint density at radius 1 is 1.17 bits per heavy atom. The van der Waals surface area contributed by atoms with Crippen LogP contribution in [0.3, 0.4) is 0 Å². The summed E-state index contributed by atoms with van der Waals surface area (Å²) >= 11 is 0. The minimum atomic E-state index is -0.0209. The molecule has 1 aliphatic rings. The van der Waals surface area contributed by atoms with Gasteiger partial charge in [-0.1, -0.05) is 12.2 Å². The Balaban J connectivity index is 1.94. The molecular weight excluding hydrogens is 156 g/mol. The molecule has 69 valence electrons. The highest BCUT2D eigenvalue weighted by Gasteiger charge is 2.13. The molecule has 1 saturated heterocycles. The van der Waals surface area contributed by atoms with E-state index in [1.807, 2.05) is 12.2 Å². The van der Waals surface area contributed by atoms with E-state index in [4.69, 9.17) is 9.47 Å². The van der Waals surface area contributed by atoms with Gasteiger partial charge in [-0.15, -0.1) is 0 Å². The van der Waals surface area contributed by atoms with Gasteiger partial charge in [-0.3, -0.25) is 0 Å². The van der Waals surface area contributed by atoms with Crippen LogP contribution in [0.15, 0.2) is 12.2 Å². The van der Waals surface area contributed by atoms with E-state index < -0.39 is 0 Å². The molecule has 0 aromatic heterocycles. The molecule has 12 heavy (non-hydrogen) atoms. The van der Waals surface area contributed by atoms with E-state index in [0.29, 0.717) is 6.42 Å². The second-order valence-electron chi connectivity index (χ2n) is 2.71. The molecule has 0 amide bonds. The number of ether oxygens (including phenoxy) is 2. The van der Waals surface area contributed by atoms with E-state index >= 15 is 0 Å². The van der Waals surface area contributed by atoms with Crippen LogP contribution in [-0.2, 0) is 14.6 Å². The molecule has 0 bridgehead atoms. The van der Waals surface area contributed by atoms with Crippen LogP contribution in [0.2, 0.25) is 0 Å². The average molecular weight is 171 g/mol. The number of hydrogen-bond donors (Lipinski definition) is 0. The third-order valence-electron chi connectivity index (χ3n) is 1.71. The average Bonchev–Trinajstić information content (AvgIpc) is 2.57. The summed E-state index contributed by atoms with van der Waals surface area (Å²) in [6, 6.07) is 0. The normalized spacial score (nSPS) is 19.4. The summed E-state index contributed by atoms with van der Waals surface area (Å²) in [7, 11) is 0. The highest BCUT2D eigenvalue weighted by Crippen LogP contribution is 2.10. The fourth-order valence-electron chi connectivity index (χ4n) is 1.11. The third kappa shape index (κ3) is 3.85. The third-order valence-corrected chi connectivity index (χ3v) is 1.71. The number of hydrogen-bond acceptors (Lipinski definition) is 2. The molecule has 3 nitrogen and oxygen atoms in total. The summed E-state index contributed by atoms with van der Waals surface area (Å²) in [6.45, 7) is 1.41. The minimum absolute atomic E-state index is 0.0121. The number of rotatable bonds is 5. The van der Waals surface area contributed by atoms with Crippen LogP contribution >= 0.6 is 0 Å². The van der Waals surface area contributed by atoms with Crippen molar-refractivity contribution >= 4 is 0 Å². The van der Waals surface area contributed by atoms with Crippen molar-refractivity contribution in [2.24, 2.45) is 0 Å². The molecule has 0 unspecified atom stereocenters. The largest absolute Gasteiger partial charge is 0.350 e. The lowest BCUT2D eigenvalue weighted by Gasteiger charge is -2.05. The van der Waals surface area contributed by atoms with Crippen molar-refractivity contribution in [1.29, 1.82) is 0 Å². The molecular formula is C9H15O3. The van der Waals surface area contributed by atoms with Crippen molar-refractivity contribution < 1.29 is 14.6 Å². The maximum absolute atomic E-state index is 10.0. The van der Waals surface area contributed by atoms with Gasteiger partial charge in [0.25, 0.3) is 0 Å². The van der Waals surface area contributed by atoms with Crippen LogP contribution in [0.4, 0.5) is 0 Å². The van der Waals surface area contributed by atoms with Crippen molar-refractivity contribution in [2.45, 2.75) is 25.6 Å². The standard InChI is InChI=1S/C9H15O3/c10-6-4-2-1-3-5-9-11-7-8-12-9/h1-2,9H,3-8H2/b2-1+. The Labute approximate surface area is 73.0 Å². The van der Waals surface area contributed by atoms with Gasteiger partial charge in [0.1, 0.15) is 0 Å². The van der Waals surface area contributed by atoms with E-state index in [9.17, 15) is 5.11 Å². The summed E-state index contributed by atoms with van der Waals surface area (Å²) in [5.74, 6) is 0. The summed E-state index contributed by atoms with van der Waals surface area (Å²) in [4.78, 5) is 0. The van der Waals surface area contributed by atoms with E-state index in [0.717, 1.165) is 26.1 Å². The zero-order chi connectivity index (χ0) is 8.65. The molecule has 0 aromatic rings. The van der Waals surface area contributed by atoms with Gasteiger partial charge in [-0.25, -0.2) is 5.11 Å². The highest BCUT2D eigenvalue weighted by atomic mass is 16.7. The molecule has 1 heterocycles. The molecule has 0 spiro atoms. The molecule has 0 atom stereocenters. The van der Waals surface area contributed by atoms with Crippen LogP contribution in [0.5, 0.6) is 0 Å². The smallest absolute Gasteiger partial charge is 0.158 e. The van der Waals surface area contributed by atoms with Gasteiger partial charge >= 0.3 is 0 Å². The first-order valence-corrected chi connectivity index (χ1v) is 4.40. The lowest BCUT2D eigenvalue weighted by molar-refractivity contribution is -0.0457. The summed E-state index contributed by atoms with van der Waals surface area (Å²) in [5, 5.41) is 10.0. The van der Waals surface area contributed by atoms with Crippen LogP contribution < -0.4 is 0 Å². The van der Waals surface area contributed by atoms with Crippen molar-refractivity contribution in [3.8, 4) is 0 Å². The SMILES string of the molecule is [O]CC/C=C/CCC1OCCO1. The van der Waals surface area contributed by atoms with E-state index in [-0.39, 0.29) is 12.9 Å². The molecule has 1 rings (SSSR count). The Kier molecular flexibility index (Phi) is 4.99. The van der Waals surface area contributed by atoms with Crippen LogP contribution in [0, 0.1) is 0 Å². The maximum Gasteiger partial charge on any atom is 0.158 e. The lowest BCUT2D eigenvalue weighted by atomic mass is 10.2. The second kappa shape index (κ2) is 6.17. The van der Waals surface area contributed by atoms with Gasteiger partial charge in [-0.05, 0) is 12.8 Å². The quantitative estimate of drug-likeness (QED) is 0.588. The van der Waals surface area contributed by atoms with Crippen LogP contribution in [-0.4, -0.2) is 26.1 Å². The Bertz CT molecular complexity index is 128. The second-order valence-corrected chi connectivity index (χ2v) is 2.71. The first kappa shape index (κ1) is 9.71. The van der Waals surface area contributed by atoms with Crippen molar-refractivity contribution in [3.63, 3.8) is 0 Å². The first-order chi connectivity index (χ1) is 5.93. The zero-order valence-corrected chi connectivity index (χ0v) is 7.20. The van der Waals surface area contributed by atoms with Gasteiger partial charge in [0.15, 0.2) is 6.29 Å². The van der Waals surface area contributed by atoms with Crippen LogP contribution in [0.1, 0.15) is 19.3 Å². The van der Waals surface area contributed by atoms with Crippen molar-refractivity contribution in [1.82, 2.24) is 0 Å². The molecule has 0 aromatic carbocycles. The highest BCUT2D eigenvalue weighted by molar-refractivity contribution is 4.81. The molecule has 1 radical (unpaired) electrons. The monoisotopic (exact) mass is 171 g/mol. The van der Waals surface area contributed by atoms with Crippen molar-refractivity contribution in [2.75, 3.05) is 19.8 Å². The fourth-order valence-corrected chi connectivity index (χ4v) is 1.11. The Morgan fingerprint density at radius 3 is 2.50 bits per heavy atom. The topological polar surface area (TPSA) is 38.4 Å². The number of allylic oxidation sites excluding steroid dienone is 1. The van der Waals surface area contributed by atoms with Gasteiger partial charge in [0.05, 0.1) is 19.8 Å². The molecule has 1 aliphatic heterocycles. The van der Waals surface area contributed by atoms with E-state index in [1.54, 1.807) is 0 Å².